The minimum Gasteiger partial charge on any atom is -0.370 e. The van der Waals surface area contributed by atoms with Crippen LogP contribution in [-0.4, -0.2) is 19.5 Å². The lowest BCUT2D eigenvalue weighted by Crippen LogP contribution is -2.09. The Hall–Kier alpha value is -0.570. The number of nitrogens with one attached hydrogen (secondary N) is 1. The lowest BCUT2D eigenvalue weighted by atomic mass is 10.1. The fourth-order valence-corrected chi connectivity index (χ4v) is 1.31. The van der Waals surface area contributed by atoms with Gasteiger partial charge in [0.1, 0.15) is 0 Å². The Bertz CT molecular complexity index is 126. The van der Waals surface area contributed by atoms with Crippen LogP contribution in [0.5, 0.6) is 0 Å². The molecule has 0 aliphatic carbocycles. The molecule has 1 amide bonds. The summed E-state index contributed by atoms with van der Waals surface area (Å²) in [7, 11) is 1.98. The fraction of sp³-hybridized carbons (Fsp3) is 0.900. The van der Waals surface area contributed by atoms with Crippen LogP contribution >= 0.6 is 0 Å². The van der Waals surface area contributed by atoms with Crippen molar-refractivity contribution >= 4 is 5.91 Å². The molecule has 0 atom stereocenters. The predicted molar refractivity (Wildman–Crippen MR) is 55.4 cm³/mol. The summed E-state index contributed by atoms with van der Waals surface area (Å²) >= 11 is 0. The molecule has 3 heteroatoms. The number of hydrogen-bond donors (Lipinski definition) is 2. The Labute approximate surface area is 81.1 Å². The molecule has 0 aliphatic heterocycles. The van der Waals surface area contributed by atoms with Gasteiger partial charge in [0.05, 0.1) is 0 Å². The summed E-state index contributed by atoms with van der Waals surface area (Å²) in [4.78, 5) is 10.4. The van der Waals surface area contributed by atoms with Crippen molar-refractivity contribution in [2.45, 2.75) is 44.9 Å². The Balaban J connectivity index is 2.87. The van der Waals surface area contributed by atoms with Crippen molar-refractivity contribution in [1.29, 1.82) is 0 Å². The first-order valence-electron chi connectivity index (χ1n) is 5.20. The number of rotatable bonds is 9. The molecule has 13 heavy (non-hydrogen) atoms. The molecule has 0 saturated carbocycles. The van der Waals surface area contributed by atoms with Gasteiger partial charge in [-0.25, -0.2) is 0 Å². The van der Waals surface area contributed by atoms with Gasteiger partial charge in [-0.15, -0.1) is 0 Å². The number of carbonyl (C=O) groups excluding carboxylic acids is 1. The van der Waals surface area contributed by atoms with Gasteiger partial charge in [0.2, 0.25) is 5.91 Å². The number of amides is 1. The fourth-order valence-electron chi connectivity index (χ4n) is 1.31. The number of carbonyl (C=O) groups is 1. The molecule has 0 saturated heterocycles. The Morgan fingerprint density at radius 2 is 1.62 bits per heavy atom. The van der Waals surface area contributed by atoms with E-state index in [2.05, 4.69) is 5.32 Å². The zero-order valence-corrected chi connectivity index (χ0v) is 8.64. The van der Waals surface area contributed by atoms with Crippen molar-refractivity contribution in [3.63, 3.8) is 0 Å². The van der Waals surface area contributed by atoms with E-state index in [4.69, 9.17) is 5.73 Å². The molecule has 0 aromatic heterocycles. The van der Waals surface area contributed by atoms with Gasteiger partial charge in [-0.2, -0.15) is 0 Å². The summed E-state index contributed by atoms with van der Waals surface area (Å²) in [6.45, 7) is 1.11. The molecule has 0 aliphatic rings. The molecule has 0 unspecified atom stereocenters. The highest BCUT2D eigenvalue weighted by molar-refractivity contribution is 5.73. The van der Waals surface area contributed by atoms with Crippen LogP contribution in [0.1, 0.15) is 44.9 Å². The summed E-state index contributed by atoms with van der Waals surface area (Å²) in [5, 5.41) is 3.12. The molecule has 78 valence electrons. The van der Waals surface area contributed by atoms with Crippen LogP contribution in [-0.2, 0) is 4.79 Å². The van der Waals surface area contributed by atoms with E-state index in [-0.39, 0.29) is 5.91 Å². The zero-order chi connectivity index (χ0) is 9.94. The van der Waals surface area contributed by atoms with Crippen molar-refractivity contribution in [3.05, 3.63) is 0 Å². The highest BCUT2D eigenvalue weighted by Crippen LogP contribution is 2.06. The summed E-state index contributed by atoms with van der Waals surface area (Å²) < 4.78 is 0. The normalized spacial score (nSPS) is 10.2. The second-order valence-electron chi connectivity index (χ2n) is 3.44. The second kappa shape index (κ2) is 9.52. The second-order valence-corrected chi connectivity index (χ2v) is 3.44. The van der Waals surface area contributed by atoms with Crippen LogP contribution in [0.2, 0.25) is 0 Å². The molecular weight excluding hydrogens is 164 g/mol. The third-order valence-corrected chi connectivity index (χ3v) is 2.10. The van der Waals surface area contributed by atoms with Crippen LogP contribution in [0.15, 0.2) is 0 Å². The summed E-state index contributed by atoms with van der Waals surface area (Å²) in [5.41, 5.74) is 5.03. The Morgan fingerprint density at radius 1 is 1.08 bits per heavy atom. The monoisotopic (exact) mass is 186 g/mol. The molecule has 0 bridgehead atoms. The van der Waals surface area contributed by atoms with Gasteiger partial charge < -0.3 is 11.1 Å². The first-order chi connectivity index (χ1) is 6.27. The van der Waals surface area contributed by atoms with E-state index < -0.39 is 0 Å². The topological polar surface area (TPSA) is 55.1 Å². The van der Waals surface area contributed by atoms with E-state index in [1.165, 1.54) is 25.7 Å². The van der Waals surface area contributed by atoms with E-state index in [9.17, 15) is 4.79 Å². The smallest absolute Gasteiger partial charge is 0.217 e. The number of primary amides is 1. The minimum atomic E-state index is -0.171. The predicted octanol–water partition coefficient (Wildman–Crippen LogP) is 1.42. The van der Waals surface area contributed by atoms with Gasteiger partial charge >= 0.3 is 0 Å². The third-order valence-electron chi connectivity index (χ3n) is 2.10. The van der Waals surface area contributed by atoms with E-state index in [1.807, 2.05) is 7.05 Å². The van der Waals surface area contributed by atoms with Crippen molar-refractivity contribution in [2.75, 3.05) is 13.6 Å². The molecule has 0 fully saturated rings. The van der Waals surface area contributed by atoms with Gasteiger partial charge in [-0.3, -0.25) is 4.79 Å². The van der Waals surface area contributed by atoms with E-state index in [0.717, 1.165) is 19.4 Å². The van der Waals surface area contributed by atoms with Gasteiger partial charge in [-0.05, 0) is 26.4 Å². The number of unbranched alkanes of at least 4 members (excludes halogenated alkanes) is 5. The maximum Gasteiger partial charge on any atom is 0.217 e. The van der Waals surface area contributed by atoms with E-state index in [1.54, 1.807) is 0 Å². The van der Waals surface area contributed by atoms with Crippen LogP contribution in [0, 0.1) is 0 Å². The maximum absolute atomic E-state index is 10.4. The van der Waals surface area contributed by atoms with Gasteiger partial charge in [0.25, 0.3) is 0 Å². The average Bonchev–Trinajstić information content (AvgIpc) is 2.09. The minimum absolute atomic E-state index is 0.171. The number of hydrogen-bond acceptors (Lipinski definition) is 2. The molecular formula is C10H22N2O. The zero-order valence-electron chi connectivity index (χ0n) is 8.64. The maximum atomic E-state index is 10.4. The van der Waals surface area contributed by atoms with Crippen molar-refractivity contribution in [1.82, 2.24) is 5.32 Å². The number of nitrogens with two attached hydrogens (primary N) is 1. The summed E-state index contributed by atoms with van der Waals surface area (Å²) in [6.07, 6.45) is 7.71. The lowest BCUT2D eigenvalue weighted by Gasteiger charge is -2.00. The summed E-state index contributed by atoms with van der Waals surface area (Å²) in [5.74, 6) is -0.171. The SMILES string of the molecule is CNCCCCCCCCC(N)=O. The molecule has 3 nitrogen and oxygen atoms in total. The standard InChI is InChI=1S/C10H22N2O/c1-12-9-7-5-3-2-4-6-8-10(11)13/h12H,2-9H2,1H3,(H2,11,13). The lowest BCUT2D eigenvalue weighted by molar-refractivity contribution is -0.118. The highest BCUT2D eigenvalue weighted by atomic mass is 16.1. The summed E-state index contributed by atoms with van der Waals surface area (Å²) in [6, 6.07) is 0. The average molecular weight is 186 g/mol. The van der Waals surface area contributed by atoms with Crippen LogP contribution in [0.25, 0.3) is 0 Å². The van der Waals surface area contributed by atoms with Gasteiger partial charge in [0.15, 0.2) is 0 Å². The van der Waals surface area contributed by atoms with Crippen LogP contribution < -0.4 is 11.1 Å². The largest absolute Gasteiger partial charge is 0.370 e. The van der Waals surface area contributed by atoms with Crippen LogP contribution in [0.4, 0.5) is 0 Å². The molecule has 0 heterocycles. The quantitative estimate of drug-likeness (QED) is 0.535. The molecule has 0 rings (SSSR count). The molecule has 0 radical (unpaired) electrons. The highest BCUT2D eigenvalue weighted by Gasteiger charge is 1.94. The molecule has 3 N–H and O–H groups in total. The molecule has 0 spiro atoms. The van der Waals surface area contributed by atoms with Gasteiger partial charge in [0, 0.05) is 6.42 Å². The van der Waals surface area contributed by atoms with E-state index >= 15 is 0 Å². The Kier molecular flexibility index (Phi) is 9.10. The molecule has 0 aromatic rings. The first-order valence-corrected chi connectivity index (χ1v) is 5.20. The Morgan fingerprint density at radius 3 is 2.15 bits per heavy atom. The first kappa shape index (κ1) is 12.4. The van der Waals surface area contributed by atoms with Crippen LogP contribution in [0.3, 0.4) is 0 Å². The van der Waals surface area contributed by atoms with Gasteiger partial charge in [-0.1, -0.05) is 25.7 Å². The van der Waals surface area contributed by atoms with Crippen molar-refractivity contribution < 1.29 is 4.79 Å². The van der Waals surface area contributed by atoms with E-state index in [0.29, 0.717) is 6.42 Å². The van der Waals surface area contributed by atoms with Crippen molar-refractivity contribution in [2.24, 2.45) is 5.73 Å². The van der Waals surface area contributed by atoms with Crippen molar-refractivity contribution in [3.8, 4) is 0 Å². The molecule has 0 aromatic carbocycles. The third kappa shape index (κ3) is 11.4.